The van der Waals surface area contributed by atoms with Gasteiger partial charge in [-0.3, -0.25) is 0 Å². The maximum atomic E-state index is 4.43. The molecule has 2 heterocycles. The van der Waals surface area contributed by atoms with Crippen LogP contribution < -0.4 is 0 Å². The Balaban J connectivity index is 2.22. The van der Waals surface area contributed by atoms with E-state index in [9.17, 15) is 0 Å². The number of hydrogen-bond acceptors (Lipinski definition) is 3. The first kappa shape index (κ1) is 9.40. The third kappa shape index (κ3) is 1.70. The van der Waals surface area contributed by atoms with E-state index < -0.39 is 0 Å². The molecule has 0 spiro atoms. The van der Waals surface area contributed by atoms with Crippen LogP contribution in [0.4, 0.5) is 0 Å². The molecule has 0 bridgehead atoms. The third-order valence-corrected chi connectivity index (χ3v) is 3.17. The van der Waals surface area contributed by atoms with Gasteiger partial charge in [0.25, 0.3) is 0 Å². The molecule has 2 aromatic rings. The molecule has 0 fully saturated rings. The fourth-order valence-electron chi connectivity index (χ4n) is 1.36. The molecule has 0 aromatic carbocycles. The summed E-state index contributed by atoms with van der Waals surface area (Å²) in [7, 11) is 0. The van der Waals surface area contributed by atoms with Crippen molar-refractivity contribution >= 4 is 11.3 Å². The summed E-state index contributed by atoms with van der Waals surface area (Å²) < 4.78 is 2.13. The lowest BCUT2D eigenvalue weighted by Gasteiger charge is -2.01. The summed E-state index contributed by atoms with van der Waals surface area (Å²) in [5.41, 5.74) is 3.43. The van der Waals surface area contributed by atoms with Crippen LogP contribution in [0.1, 0.15) is 22.1 Å². The summed E-state index contributed by atoms with van der Waals surface area (Å²) in [6.07, 6.45) is 1.87. The maximum absolute atomic E-state index is 4.43. The summed E-state index contributed by atoms with van der Waals surface area (Å²) in [4.78, 5) is 8.68. The summed E-state index contributed by atoms with van der Waals surface area (Å²) in [5.74, 6) is 0. The van der Waals surface area contributed by atoms with Crippen molar-refractivity contribution in [2.45, 2.75) is 27.3 Å². The molecule has 0 saturated carbocycles. The first-order valence-corrected chi connectivity index (χ1v) is 5.44. The highest BCUT2D eigenvalue weighted by Gasteiger charge is 2.04. The van der Waals surface area contributed by atoms with E-state index in [0.717, 1.165) is 22.9 Å². The van der Waals surface area contributed by atoms with E-state index in [1.54, 1.807) is 11.3 Å². The van der Waals surface area contributed by atoms with E-state index in [1.165, 1.54) is 5.69 Å². The molecule has 0 aliphatic rings. The predicted octanol–water partition coefficient (Wildman–Crippen LogP) is 2.31. The van der Waals surface area contributed by atoms with Crippen LogP contribution in [0.5, 0.6) is 0 Å². The average Bonchev–Trinajstić information content (AvgIpc) is 2.67. The molecule has 0 N–H and O–H groups in total. The summed E-state index contributed by atoms with van der Waals surface area (Å²) in [6, 6.07) is 0. The lowest BCUT2D eigenvalue weighted by molar-refractivity contribution is 0.751. The zero-order valence-corrected chi connectivity index (χ0v) is 9.43. The first-order valence-electron chi connectivity index (χ1n) is 4.56. The van der Waals surface area contributed by atoms with E-state index in [2.05, 4.69) is 26.8 Å². The Labute approximate surface area is 87.4 Å². The van der Waals surface area contributed by atoms with Crippen molar-refractivity contribution in [2.75, 3.05) is 0 Å². The number of aryl methyl sites for hydroxylation is 2. The van der Waals surface area contributed by atoms with Crippen LogP contribution in [-0.4, -0.2) is 14.5 Å². The zero-order chi connectivity index (χ0) is 10.1. The second kappa shape index (κ2) is 3.53. The third-order valence-electron chi connectivity index (χ3n) is 2.34. The van der Waals surface area contributed by atoms with E-state index in [4.69, 9.17) is 0 Å². The van der Waals surface area contributed by atoms with Gasteiger partial charge < -0.3 is 4.57 Å². The van der Waals surface area contributed by atoms with E-state index >= 15 is 0 Å². The van der Waals surface area contributed by atoms with Gasteiger partial charge in [-0.25, -0.2) is 9.97 Å². The van der Waals surface area contributed by atoms with Gasteiger partial charge in [-0.2, -0.15) is 0 Å². The summed E-state index contributed by atoms with van der Waals surface area (Å²) >= 11 is 1.69. The lowest BCUT2D eigenvalue weighted by atomic mass is 10.3. The first-order chi connectivity index (χ1) is 6.66. The van der Waals surface area contributed by atoms with Gasteiger partial charge in [0, 0.05) is 11.1 Å². The quantitative estimate of drug-likeness (QED) is 0.756. The van der Waals surface area contributed by atoms with Gasteiger partial charge in [0.1, 0.15) is 0 Å². The van der Waals surface area contributed by atoms with Gasteiger partial charge in [0.2, 0.25) is 0 Å². The second-order valence-corrected chi connectivity index (χ2v) is 4.46. The fourth-order valence-corrected chi connectivity index (χ4v) is 1.96. The predicted molar refractivity (Wildman–Crippen MR) is 57.7 cm³/mol. The van der Waals surface area contributed by atoms with Crippen LogP contribution in [0.15, 0.2) is 11.7 Å². The minimum atomic E-state index is 0.830. The van der Waals surface area contributed by atoms with Crippen molar-refractivity contribution in [3.8, 4) is 0 Å². The molecule has 0 aliphatic heterocycles. The Bertz CT molecular complexity index is 442. The molecule has 74 valence electrons. The van der Waals surface area contributed by atoms with Crippen LogP contribution in [0.25, 0.3) is 0 Å². The van der Waals surface area contributed by atoms with Gasteiger partial charge in [-0.05, 0) is 20.8 Å². The molecule has 0 unspecified atom stereocenters. The molecular weight excluding hydrogens is 194 g/mol. The SMILES string of the molecule is Cc1nc(Cn2cnc(C)c2C)cs1. The van der Waals surface area contributed by atoms with Gasteiger partial charge >= 0.3 is 0 Å². The van der Waals surface area contributed by atoms with Crippen LogP contribution >= 0.6 is 11.3 Å². The molecule has 4 heteroatoms. The molecule has 0 radical (unpaired) electrons. The van der Waals surface area contributed by atoms with Crippen LogP contribution in [0.3, 0.4) is 0 Å². The van der Waals surface area contributed by atoms with Gasteiger partial charge in [-0.15, -0.1) is 11.3 Å². The van der Waals surface area contributed by atoms with Crippen molar-refractivity contribution in [2.24, 2.45) is 0 Å². The fraction of sp³-hybridized carbons (Fsp3) is 0.400. The molecule has 0 atom stereocenters. The normalized spacial score (nSPS) is 10.8. The second-order valence-electron chi connectivity index (χ2n) is 3.40. The van der Waals surface area contributed by atoms with E-state index in [0.29, 0.717) is 0 Å². The molecule has 0 aliphatic carbocycles. The highest BCUT2D eigenvalue weighted by molar-refractivity contribution is 7.09. The van der Waals surface area contributed by atoms with Crippen LogP contribution in [0, 0.1) is 20.8 Å². The topological polar surface area (TPSA) is 30.7 Å². The summed E-state index contributed by atoms with van der Waals surface area (Å²) in [6.45, 7) is 6.97. The smallest absolute Gasteiger partial charge is 0.0955 e. The Morgan fingerprint density at radius 3 is 2.64 bits per heavy atom. The van der Waals surface area contributed by atoms with Crippen molar-refractivity contribution < 1.29 is 0 Å². The number of nitrogens with zero attached hydrogens (tertiary/aromatic N) is 3. The molecular formula is C10H13N3S. The molecule has 3 nitrogen and oxygen atoms in total. The average molecular weight is 207 g/mol. The minimum Gasteiger partial charge on any atom is -0.329 e. The minimum absolute atomic E-state index is 0.830. The van der Waals surface area contributed by atoms with Crippen LogP contribution in [0.2, 0.25) is 0 Å². The molecule has 0 amide bonds. The van der Waals surface area contributed by atoms with Gasteiger partial charge in [0.05, 0.1) is 29.3 Å². The molecule has 14 heavy (non-hydrogen) atoms. The molecule has 2 aromatic heterocycles. The van der Waals surface area contributed by atoms with Crippen molar-refractivity contribution in [3.63, 3.8) is 0 Å². The Kier molecular flexibility index (Phi) is 2.37. The van der Waals surface area contributed by atoms with Gasteiger partial charge in [-0.1, -0.05) is 0 Å². The Hall–Kier alpha value is -1.16. The number of aromatic nitrogens is 3. The van der Waals surface area contributed by atoms with Crippen molar-refractivity contribution in [1.29, 1.82) is 0 Å². The Morgan fingerprint density at radius 2 is 2.14 bits per heavy atom. The van der Waals surface area contributed by atoms with Crippen molar-refractivity contribution in [3.05, 3.63) is 33.8 Å². The van der Waals surface area contributed by atoms with E-state index in [1.807, 2.05) is 20.2 Å². The Morgan fingerprint density at radius 1 is 1.36 bits per heavy atom. The highest BCUT2D eigenvalue weighted by atomic mass is 32.1. The van der Waals surface area contributed by atoms with E-state index in [-0.39, 0.29) is 0 Å². The zero-order valence-electron chi connectivity index (χ0n) is 8.61. The lowest BCUT2D eigenvalue weighted by Crippen LogP contribution is -2.00. The van der Waals surface area contributed by atoms with Crippen LogP contribution in [-0.2, 0) is 6.54 Å². The number of imidazole rings is 1. The maximum Gasteiger partial charge on any atom is 0.0955 e. The standard InChI is InChI=1S/C10H13N3S/c1-7-8(2)13(6-11-7)4-10-5-14-9(3)12-10/h5-6H,4H2,1-3H3. The van der Waals surface area contributed by atoms with Gasteiger partial charge in [0.15, 0.2) is 0 Å². The van der Waals surface area contributed by atoms with Crippen molar-refractivity contribution in [1.82, 2.24) is 14.5 Å². The molecule has 0 saturated heterocycles. The monoisotopic (exact) mass is 207 g/mol. The highest BCUT2D eigenvalue weighted by Crippen LogP contribution is 2.11. The number of hydrogen-bond donors (Lipinski definition) is 0. The summed E-state index contributed by atoms with van der Waals surface area (Å²) in [5, 5.41) is 3.22. The largest absolute Gasteiger partial charge is 0.329 e. The number of thiazole rings is 1. The number of rotatable bonds is 2. The molecule has 2 rings (SSSR count).